The Morgan fingerprint density at radius 2 is 0.500 bits per heavy atom. The third kappa shape index (κ3) is 5.05. The zero-order valence-electron chi connectivity index (χ0n) is 19.1. The fourth-order valence-electron chi connectivity index (χ4n) is 4.30. The van der Waals surface area contributed by atoms with Gasteiger partial charge in [0.05, 0.1) is 7.57 Å². The molecule has 0 aliphatic rings. The topological polar surface area (TPSA) is 0 Å². The monoisotopic (exact) mass is 626 g/mol. The van der Waals surface area contributed by atoms with Crippen molar-refractivity contribution in [3.63, 3.8) is 0 Å². The van der Waals surface area contributed by atoms with Crippen LogP contribution >= 0.6 is 54.5 Å². The number of hydrogen-bond donors (Lipinski definition) is 0. The minimum absolute atomic E-state index is 1.16. The second-order valence-electron chi connectivity index (χ2n) is 8.52. The summed E-state index contributed by atoms with van der Waals surface area (Å²) in [4.78, 5) is 2.55. The van der Waals surface area contributed by atoms with Gasteiger partial charge in [0.2, 0.25) is 0 Å². The van der Waals surface area contributed by atoms with Crippen molar-refractivity contribution < 1.29 is 0 Å². The lowest BCUT2D eigenvalue weighted by Gasteiger charge is -2.08. The van der Waals surface area contributed by atoms with Crippen molar-refractivity contribution in [1.29, 1.82) is 0 Å². The van der Waals surface area contributed by atoms with E-state index >= 15 is 0 Å². The van der Waals surface area contributed by atoms with Crippen LogP contribution in [0.5, 0.6) is 0 Å². The highest BCUT2D eigenvalue weighted by molar-refractivity contribution is 9.11. The molecular formula is C32H20Br2S2. The van der Waals surface area contributed by atoms with Gasteiger partial charge in [-0.15, -0.1) is 22.7 Å². The van der Waals surface area contributed by atoms with Gasteiger partial charge in [-0.1, -0.05) is 97.1 Å². The second-order valence-corrected chi connectivity index (χ2v) is 13.4. The van der Waals surface area contributed by atoms with Crippen LogP contribution in [0.1, 0.15) is 0 Å². The summed E-state index contributed by atoms with van der Waals surface area (Å²) in [6.45, 7) is 0. The first kappa shape index (κ1) is 23.6. The van der Waals surface area contributed by atoms with Gasteiger partial charge in [0.25, 0.3) is 0 Å². The number of thiophene rings is 2. The maximum absolute atomic E-state index is 3.55. The standard InChI is InChI=1S/C32H20Br2S2/c33-31-19-17-29(35-31)27-13-9-25(10-14-27)23-5-1-21(2-6-23)22-3-7-24(8-4-22)26-11-15-28(16-12-26)30-18-20-32(34)36-30/h1-20H. The molecule has 0 N–H and O–H groups in total. The summed E-state index contributed by atoms with van der Waals surface area (Å²) in [6.07, 6.45) is 0. The van der Waals surface area contributed by atoms with Crippen LogP contribution in [0.3, 0.4) is 0 Å². The highest BCUT2D eigenvalue weighted by Gasteiger charge is 2.06. The van der Waals surface area contributed by atoms with Gasteiger partial charge in [0.1, 0.15) is 0 Å². The Balaban J connectivity index is 1.17. The Labute approximate surface area is 236 Å². The van der Waals surface area contributed by atoms with E-state index in [4.69, 9.17) is 0 Å². The molecule has 4 heteroatoms. The molecule has 0 nitrogen and oxygen atoms in total. The molecule has 0 aliphatic heterocycles. The van der Waals surface area contributed by atoms with Gasteiger partial charge in [0, 0.05) is 9.75 Å². The number of hydrogen-bond acceptors (Lipinski definition) is 2. The molecule has 0 saturated heterocycles. The van der Waals surface area contributed by atoms with Crippen molar-refractivity contribution in [2.75, 3.05) is 0 Å². The highest BCUT2D eigenvalue weighted by Crippen LogP contribution is 2.34. The van der Waals surface area contributed by atoms with Crippen molar-refractivity contribution in [2.24, 2.45) is 0 Å². The first-order valence-electron chi connectivity index (χ1n) is 11.6. The van der Waals surface area contributed by atoms with Gasteiger partial charge in [-0.2, -0.15) is 0 Å². The zero-order chi connectivity index (χ0) is 24.5. The van der Waals surface area contributed by atoms with Crippen molar-refractivity contribution in [3.05, 3.63) is 129 Å². The lowest BCUT2D eigenvalue weighted by atomic mass is 9.97. The van der Waals surface area contributed by atoms with Gasteiger partial charge < -0.3 is 0 Å². The highest BCUT2D eigenvalue weighted by atomic mass is 79.9. The quantitative estimate of drug-likeness (QED) is 0.178. The predicted octanol–water partition coefficient (Wildman–Crippen LogP) is 11.7. The molecule has 174 valence electrons. The Bertz CT molecular complexity index is 1480. The second kappa shape index (κ2) is 10.3. The maximum atomic E-state index is 3.55. The third-order valence-electron chi connectivity index (χ3n) is 6.26. The van der Waals surface area contributed by atoms with Crippen LogP contribution in [0.15, 0.2) is 129 Å². The van der Waals surface area contributed by atoms with E-state index in [1.807, 2.05) is 0 Å². The van der Waals surface area contributed by atoms with Gasteiger partial charge in [-0.05, 0) is 101 Å². The molecule has 4 aromatic carbocycles. The first-order valence-corrected chi connectivity index (χ1v) is 14.8. The van der Waals surface area contributed by atoms with Crippen LogP contribution in [-0.2, 0) is 0 Å². The van der Waals surface area contributed by atoms with Gasteiger partial charge in [-0.25, -0.2) is 0 Å². The minimum Gasteiger partial charge on any atom is -0.128 e. The van der Waals surface area contributed by atoms with Crippen LogP contribution in [0.4, 0.5) is 0 Å². The van der Waals surface area contributed by atoms with Crippen molar-refractivity contribution in [3.8, 4) is 54.3 Å². The SMILES string of the molecule is Brc1ccc(-c2ccc(-c3ccc(-c4ccc(-c5ccc(-c6ccc(Br)s6)cc5)cc4)cc3)cc2)s1. The third-order valence-corrected chi connectivity index (χ3v) is 9.60. The van der Waals surface area contributed by atoms with Gasteiger partial charge in [-0.3, -0.25) is 0 Å². The molecular weight excluding hydrogens is 608 g/mol. The summed E-state index contributed by atoms with van der Waals surface area (Å²) in [6, 6.07) is 43.8. The zero-order valence-corrected chi connectivity index (χ0v) is 23.9. The summed E-state index contributed by atoms with van der Waals surface area (Å²) in [5, 5.41) is 0. The van der Waals surface area contributed by atoms with Crippen molar-refractivity contribution in [2.45, 2.75) is 0 Å². The summed E-state index contributed by atoms with van der Waals surface area (Å²) in [5.41, 5.74) is 9.87. The van der Waals surface area contributed by atoms with E-state index in [9.17, 15) is 0 Å². The van der Waals surface area contributed by atoms with E-state index in [1.54, 1.807) is 22.7 Å². The fraction of sp³-hybridized carbons (Fsp3) is 0. The normalized spacial score (nSPS) is 11.1. The van der Waals surface area contributed by atoms with Crippen LogP contribution in [0.2, 0.25) is 0 Å². The number of benzene rings is 4. The Morgan fingerprint density at radius 3 is 0.694 bits per heavy atom. The lowest BCUT2D eigenvalue weighted by Crippen LogP contribution is -1.83. The average molecular weight is 628 g/mol. The van der Waals surface area contributed by atoms with E-state index in [1.165, 1.54) is 54.3 Å². The largest absolute Gasteiger partial charge is 0.128 e. The minimum atomic E-state index is 1.16. The molecule has 0 bridgehead atoms. The van der Waals surface area contributed by atoms with Gasteiger partial charge >= 0.3 is 0 Å². The molecule has 36 heavy (non-hydrogen) atoms. The molecule has 2 aromatic heterocycles. The lowest BCUT2D eigenvalue weighted by molar-refractivity contribution is 1.57. The molecule has 0 radical (unpaired) electrons. The molecule has 6 aromatic rings. The molecule has 0 fully saturated rings. The van der Waals surface area contributed by atoms with E-state index in [2.05, 4.69) is 153 Å². The first-order chi connectivity index (χ1) is 17.6. The Kier molecular flexibility index (Phi) is 6.77. The van der Waals surface area contributed by atoms with Crippen molar-refractivity contribution >= 4 is 54.5 Å². The van der Waals surface area contributed by atoms with Crippen LogP contribution in [0.25, 0.3) is 54.3 Å². The van der Waals surface area contributed by atoms with E-state index < -0.39 is 0 Å². The van der Waals surface area contributed by atoms with Crippen LogP contribution in [-0.4, -0.2) is 0 Å². The predicted molar refractivity (Wildman–Crippen MR) is 165 cm³/mol. The molecule has 0 unspecified atom stereocenters. The molecule has 0 atom stereocenters. The average Bonchev–Trinajstić information content (AvgIpc) is 3.57. The van der Waals surface area contributed by atoms with Crippen molar-refractivity contribution in [1.82, 2.24) is 0 Å². The fourth-order valence-corrected chi connectivity index (χ4v) is 7.09. The van der Waals surface area contributed by atoms with E-state index in [-0.39, 0.29) is 0 Å². The molecule has 2 heterocycles. The van der Waals surface area contributed by atoms with E-state index in [0.29, 0.717) is 0 Å². The molecule has 0 spiro atoms. The summed E-state index contributed by atoms with van der Waals surface area (Å²) < 4.78 is 2.32. The van der Waals surface area contributed by atoms with E-state index in [0.717, 1.165) is 7.57 Å². The summed E-state index contributed by atoms with van der Waals surface area (Å²) in [7, 11) is 0. The molecule has 0 amide bonds. The summed E-state index contributed by atoms with van der Waals surface area (Å²) in [5.74, 6) is 0. The van der Waals surface area contributed by atoms with Gasteiger partial charge in [0.15, 0.2) is 0 Å². The maximum Gasteiger partial charge on any atom is 0.0705 e. The number of rotatable bonds is 5. The number of halogens is 2. The molecule has 0 saturated carbocycles. The summed E-state index contributed by atoms with van der Waals surface area (Å²) >= 11 is 10.6. The van der Waals surface area contributed by atoms with Crippen LogP contribution in [0, 0.1) is 0 Å². The Morgan fingerprint density at radius 1 is 0.278 bits per heavy atom. The smallest absolute Gasteiger partial charge is 0.0705 e. The van der Waals surface area contributed by atoms with Crippen LogP contribution < -0.4 is 0 Å². The Hall–Kier alpha value is -2.76. The molecule has 6 rings (SSSR count). The molecule has 0 aliphatic carbocycles.